The molecule has 0 fully saturated rings. The Kier molecular flexibility index (Phi) is 7.67. The van der Waals surface area contributed by atoms with E-state index in [0.29, 0.717) is 5.92 Å². The molecule has 1 aromatic heterocycles. The lowest BCUT2D eigenvalue weighted by Gasteiger charge is -2.39. The monoisotopic (exact) mass is 718 g/mol. The smallest absolute Gasteiger partial charge is 0.160 e. The van der Waals surface area contributed by atoms with Crippen molar-refractivity contribution in [3.05, 3.63) is 239 Å². The Bertz CT molecular complexity index is 2750. The van der Waals surface area contributed by atoms with Gasteiger partial charge in [-0.25, -0.2) is 9.97 Å². The maximum atomic E-state index is 6.69. The quantitative estimate of drug-likeness (QED) is 0.178. The first-order valence-corrected chi connectivity index (χ1v) is 19.6. The molecule has 3 heteroatoms. The lowest BCUT2D eigenvalue weighted by atomic mass is 9.65. The number of hydrogen-bond acceptors (Lipinski definition) is 3. The van der Waals surface area contributed by atoms with Crippen LogP contribution in [0, 0.1) is 0 Å². The van der Waals surface area contributed by atoms with Crippen LogP contribution >= 0.6 is 0 Å². The molecule has 0 radical (unpaired) electrons. The van der Waals surface area contributed by atoms with Crippen LogP contribution in [0.15, 0.2) is 194 Å². The van der Waals surface area contributed by atoms with Gasteiger partial charge in [0, 0.05) is 28.5 Å². The summed E-state index contributed by atoms with van der Waals surface area (Å²) in [6, 6.07) is 56.4. The number of rotatable bonds is 5. The molecule has 7 aromatic rings. The van der Waals surface area contributed by atoms with Gasteiger partial charge in [0.2, 0.25) is 0 Å². The Labute approximate surface area is 327 Å². The largest absolute Gasteiger partial charge is 0.457 e. The summed E-state index contributed by atoms with van der Waals surface area (Å²) >= 11 is 0. The summed E-state index contributed by atoms with van der Waals surface area (Å²) in [6.45, 7) is 0. The summed E-state index contributed by atoms with van der Waals surface area (Å²) in [7, 11) is 0. The molecule has 3 aliphatic carbocycles. The van der Waals surface area contributed by atoms with Gasteiger partial charge in [-0.3, -0.25) is 0 Å². The van der Waals surface area contributed by atoms with Crippen LogP contribution in [0.3, 0.4) is 0 Å². The topological polar surface area (TPSA) is 35.0 Å². The van der Waals surface area contributed by atoms with Gasteiger partial charge in [-0.1, -0.05) is 170 Å². The van der Waals surface area contributed by atoms with Gasteiger partial charge in [-0.15, -0.1) is 0 Å². The lowest BCUT2D eigenvalue weighted by molar-refractivity contribution is 0.436. The van der Waals surface area contributed by atoms with Crippen molar-refractivity contribution in [2.75, 3.05) is 0 Å². The maximum Gasteiger partial charge on any atom is 0.160 e. The summed E-state index contributed by atoms with van der Waals surface area (Å²) in [6.07, 6.45) is 15.7. The number of benzene rings is 6. The molecule has 56 heavy (non-hydrogen) atoms. The molecule has 11 rings (SSSR count). The molecule has 266 valence electrons. The van der Waals surface area contributed by atoms with E-state index >= 15 is 0 Å². The molecule has 1 spiro atoms. The van der Waals surface area contributed by atoms with Crippen molar-refractivity contribution in [2.24, 2.45) is 0 Å². The van der Waals surface area contributed by atoms with E-state index < -0.39 is 5.41 Å². The van der Waals surface area contributed by atoms with Crippen LogP contribution in [0.1, 0.15) is 69.4 Å². The minimum absolute atomic E-state index is 0.119. The fraction of sp³-hybridized carbons (Fsp3) is 0.0943. The summed E-state index contributed by atoms with van der Waals surface area (Å²) in [5.41, 5.74) is 14.9. The third-order valence-corrected chi connectivity index (χ3v) is 12.0. The first kappa shape index (κ1) is 32.6. The Balaban J connectivity index is 0.974. The SMILES string of the molecule is C1=CC(c2cc(C3C=CC(c4ccc5c(c4)C4(c6ccccc6O5)c5ccccc5-c5ccccc54)=CC3)nc(-c3ccccc3)n2)=CC(c2ccccc2)C1. The average molecular weight is 719 g/mol. The van der Waals surface area contributed by atoms with Crippen LogP contribution in [0.5, 0.6) is 11.5 Å². The van der Waals surface area contributed by atoms with E-state index in [-0.39, 0.29) is 5.92 Å². The number of hydrogen-bond donors (Lipinski definition) is 0. The second-order valence-electron chi connectivity index (χ2n) is 15.2. The maximum absolute atomic E-state index is 6.69. The molecule has 0 saturated heterocycles. The predicted molar refractivity (Wildman–Crippen MR) is 227 cm³/mol. The highest BCUT2D eigenvalue weighted by Crippen LogP contribution is 2.62. The molecule has 2 unspecified atom stereocenters. The Morgan fingerprint density at radius 2 is 1.20 bits per heavy atom. The van der Waals surface area contributed by atoms with Crippen LogP contribution in [-0.2, 0) is 5.41 Å². The van der Waals surface area contributed by atoms with Gasteiger partial charge in [0.15, 0.2) is 5.82 Å². The minimum atomic E-state index is -0.484. The van der Waals surface area contributed by atoms with Gasteiger partial charge < -0.3 is 4.74 Å². The van der Waals surface area contributed by atoms with E-state index in [1.54, 1.807) is 0 Å². The first-order valence-electron chi connectivity index (χ1n) is 19.6. The zero-order chi connectivity index (χ0) is 37.1. The third-order valence-electron chi connectivity index (χ3n) is 12.0. The fourth-order valence-electron chi connectivity index (χ4n) is 9.40. The van der Waals surface area contributed by atoms with E-state index in [0.717, 1.165) is 52.7 Å². The lowest BCUT2D eigenvalue weighted by Crippen LogP contribution is -2.32. The second kappa shape index (κ2) is 13.2. The van der Waals surface area contributed by atoms with Crippen LogP contribution in [0.4, 0.5) is 0 Å². The minimum Gasteiger partial charge on any atom is -0.457 e. The normalized spacial score (nSPS) is 18.2. The number of allylic oxidation sites excluding steroid dienone is 8. The fourth-order valence-corrected chi connectivity index (χ4v) is 9.40. The van der Waals surface area contributed by atoms with Crippen molar-refractivity contribution >= 4 is 11.1 Å². The predicted octanol–water partition coefficient (Wildman–Crippen LogP) is 12.9. The van der Waals surface area contributed by atoms with Crippen molar-refractivity contribution in [1.29, 1.82) is 0 Å². The number of fused-ring (bicyclic) bond motifs is 9. The van der Waals surface area contributed by atoms with E-state index in [1.807, 2.05) is 6.07 Å². The average Bonchev–Trinajstić information content (AvgIpc) is 3.57. The standard InChI is InChI=1S/C53H38N2O/c1-3-14-35(15-4-1)39-18-13-19-41(32-39)49-34-48(54-52(55-49)38-16-5-2-6-17-38)37-28-26-36(27-29-37)40-30-31-51-47(33-40)53(46-24-11-12-25-50(46)56-51)44-22-9-7-20-42(44)43-21-8-10-23-45(43)53/h1-17,19-28,30-34,37,39H,18,29H2. The van der Waals surface area contributed by atoms with Crippen LogP contribution in [0.2, 0.25) is 0 Å². The molecule has 2 heterocycles. The highest BCUT2D eigenvalue weighted by molar-refractivity contribution is 5.89. The van der Waals surface area contributed by atoms with Gasteiger partial charge in [0.25, 0.3) is 0 Å². The van der Waals surface area contributed by atoms with Crippen LogP contribution in [0.25, 0.3) is 33.7 Å². The highest BCUT2D eigenvalue weighted by atomic mass is 16.5. The van der Waals surface area contributed by atoms with E-state index in [1.165, 1.54) is 50.1 Å². The summed E-state index contributed by atoms with van der Waals surface area (Å²) in [5.74, 6) is 3.01. The molecule has 4 aliphatic rings. The molecular weight excluding hydrogens is 681 g/mol. The number of aromatic nitrogens is 2. The van der Waals surface area contributed by atoms with E-state index in [4.69, 9.17) is 14.7 Å². The Morgan fingerprint density at radius 1 is 0.518 bits per heavy atom. The van der Waals surface area contributed by atoms with Crippen molar-refractivity contribution < 1.29 is 4.74 Å². The van der Waals surface area contributed by atoms with E-state index in [2.05, 4.69) is 188 Å². The van der Waals surface area contributed by atoms with Gasteiger partial charge in [-0.05, 0) is 81.6 Å². The Hall–Kier alpha value is -6.84. The van der Waals surface area contributed by atoms with Gasteiger partial charge >= 0.3 is 0 Å². The number of para-hydroxylation sites is 1. The van der Waals surface area contributed by atoms with E-state index in [9.17, 15) is 0 Å². The molecule has 0 amide bonds. The van der Waals surface area contributed by atoms with Crippen LogP contribution in [-0.4, -0.2) is 9.97 Å². The Morgan fingerprint density at radius 3 is 1.95 bits per heavy atom. The zero-order valence-corrected chi connectivity index (χ0v) is 30.8. The number of ether oxygens (including phenoxy) is 1. The molecule has 0 saturated carbocycles. The van der Waals surface area contributed by atoms with Crippen molar-refractivity contribution in [1.82, 2.24) is 9.97 Å². The van der Waals surface area contributed by atoms with Gasteiger partial charge in [0.05, 0.1) is 16.8 Å². The summed E-state index contributed by atoms with van der Waals surface area (Å²) in [5, 5.41) is 0. The molecular formula is C53H38N2O. The van der Waals surface area contributed by atoms with Crippen molar-refractivity contribution in [3.8, 4) is 34.0 Å². The van der Waals surface area contributed by atoms with Crippen molar-refractivity contribution in [3.63, 3.8) is 0 Å². The zero-order valence-electron chi connectivity index (χ0n) is 30.8. The third kappa shape index (κ3) is 5.19. The van der Waals surface area contributed by atoms with Crippen molar-refractivity contribution in [2.45, 2.75) is 30.1 Å². The summed E-state index contributed by atoms with van der Waals surface area (Å²) < 4.78 is 6.69. The van der Waals surface area contributed by atoms with Gasteiger partial charge in [-0.2, -0.15) is 0 Å². The number of nitrogens with zero attached hydrogens (tertiary/aromatic N) is 2. The second-order valence-corrected chi connectivity index (χ2v) is 15.2. The molecule has 0 bridgehead atoms. The molecule has 6 aromatic carbocycles. The van der Waals surface area contributed by atoms with Crippen LogP contribution < -0.4 is 4.74 Å². The van der Waals surface area contributed by atoms with Gasteiger partial charge in [0.1, 0.15) is 11.5 Å². The molecule has 2 atom stereocenters. The molecule has 0 N–H and O–H groups in total. The summed E-state index contributed by atoms with van der Waals surface area (Å²) in [4.78, 5) is 10.4. The molecule has 3 nitrogen and oxygen atoms in total. The highest BCUT2D eigenvalue weighted by Gasteiger charge is 2.51. The first-order chi connectivity index (χ1) is 27.7. The molecule has 1 aliphatic heterocycles.